The molecule has 1 aromatic rings. The number of carbonyl (C=O) groups is 1. The van der Waals surface area contributed by atoms with Gasteiger partial charge in [-0.25, -0.2) is 0 Å². The molecular weight excluding hydrogens is 314 g/mol. The maximum absolute atomic E-state index is 13.2. The Morgan fingerprint density at radius 2 is 2.08 bits per heavy atom. The minimum atomic E-state index is 0.0319. The Balaban J connectivity index is 1.68. The lowest BCUT2D eigenvalue weighted by molar-refractivity contribution is -0.135. The van der Waals surface area contributed by atoms with Crippen LogP contribution in [-0.4, -0.2) is 66.9 Å². The first kappa shape index (κ1) is 18.5. The van der Waals surface area contributed by atoms with E-state index in [1.54, 1.807) is 0 Å². The number of likely N-dealkylation sites (tertiary alicyclic amines) is 2. The molecule has 0 saturated carbocycles. The van der Waals surface area contributed by atoms with Crippen LogP contribution in [0.25, 0.3) is 0 Å². The molecule has 2 fully saturated rings. The van der Waals surface area contributed by atoms with E-state index in [-0.39, 0.29) is 11.9 Å². The predicted octanol–water partition coefficient (Wildman–Crippen LogP) is 2.74. The van der Waals surface area contributed by atoms with Gasteiger partial charge >= 0.3 is 0 Å². The number of rotatable bonds is 5. The smallest absolute Gasteiger partial charge is 0.240 e. The summed E-state index contributed by atoms with van der Waals surface area (Å²) in [6.07, 6.45) is 4.55. The number of hydrogen-bond donors (Lipinski definition) is 0. The lowest BCUT2D eigenvalue weighted by Crippen LogP contribution is -2.44. The number of amides is 1. The number of nitrogens with zero attached hydrogens (tertiary/aromatic N) is 3. The second-order valence-electron chi connectivity index (χ2n) is 8.20. The summed E-state index contributed by atoms with van der Waals surface area (Å²) >= 11 is 0. The molecule has 3 heterocycles. The zero-order valence-corrected chi connectivity index (χ0v) is 16.3. The first-order valence-corrected chi connectivity index (χ1v) is 9.65. The third-order valence-electron chi connectivity index (χ3n) is 6.01. The lowest BCUT2D eigenvalue weighted by atomic mass is 9.76. The Kier molecular flexibility index (Phi) is 5.54. The summed E-state index contributed by atoms with van der Waals surface area (Å²) in [5.74, 6) is 2.01. The summed E-state index contributed by atoms with van der Waals surface area (Å²) in [7, 11) is 4.11. The fourth-order valence-electron chi connectivity index (χ4n) is 4.50. The zero-order valence-electron chi connectivity index (χ0n) is 16.3. The van der Waals surface area contributed by atoms with E-state index in [4.69, 9.17) is 4.42 Å². The van der Waals surface area contributed by atoms with Crippen molar-refractivity contribution in [3.8, 4) is 0 Å². The van der Waals surface area contributed by atoms with E-state index in [9.17, 15) is 4.79 Å². The molecule has 0 aliphatic carbocycles. The van der Waals surface area contributed by atoms with Crippen LogP contribution in [0.1, 0.15) is 44.1 Å². The highest BCUT2D eigenvalue weighted by molar-refractivity contribution is 5.82. The quantitative estimate of drug-likeness (QED) is 0.821. The largest absolute Gasteiger partial charge is 0.464 e. The Morgan fingerprint density at radius 1 is 1.36 bits per heavy atom. The highest BCUT2D eigenvalue weighted by atomic mass is 16.3. The summed E-state index contributed by atoms with van der Waals surface area (Å²) in [6.45, 7) is 9.11. The van der Waals surface area contributed by atoms with Crippen LogP contribution in [0.2, 0.25) is 0 Å². The lowest BCUT2D eigenvalue weighted by Gasteiger charge is -2.37. The van der Waals surface area contributed by atoms with Crippen LogP contribution in [0.15, 0.2) is 16.5 Å². The number of furan rings is 1. The van der Waals surface area contributed by atoms with Gasteiger partial charge in [-0.15, -0.1) is 0 Å². The Bertz CT molecular complexity index is 590. The van der Waals surface area contributed by atoms with Crippen LogP contribution in [0, 0.1) is 12.3 Å². The van der Waals surface area contributed by atoms with Crippen molar-refractivity contribution in [2.45, 2.75) is 52.1 Å². The van der Waals surface area contributed by atoms with E-state index in [0.717, 1.165) is 50.5 Å². The highest BCUT2D eigenvalue weighted by Gasteiger charge is 2.47. The fourth-order valence-corrected chi connectivity index (χ4v) is 4.50. The second kappa shape index (κ2) is 7.50. The van der Waals surface area contributed by atoms with E-state index >= 15 is 0 Å². The average molecular weight is 348 g/mol. The van der Waals surface area contributed by atoms with Gasteiger partial charge in [0.25, 0.3) is 0 Å². The fraction of sp³-hybridized carbons (Fsp3) is 0.750. The third-order valence-corrected chi connectivity index (χ3v) is 6.01. The summed E-state index contributed by atoms with van der Waals surface area (Å²) in [4.78, 5) is 19.9. The normalized spacial score (nSPS) is 24.1. The minimum Gasteiger partial charge on any atom is -0.464 e. The van der Waals surface area contributed by atoms with Crippen molar-refractivity contribution in [3.63, 3.8) is 0 Å². The molecular formula is C20H33N3O2. The monoisotopic (exact) mass is 347 g/mol. The number of piperidine rings is 1. The van der Waals surface area contributed by atoms with Gasteiger partial charge in [0.2, 0.25) is 5.91 Å². The van der Waals surface area contributed by atoms with Gasteiger partial charge < -0.3 is 14.2 Å². The topological polar surface area (TPSA) is 39.9 Å². The molecule has 140 valence electrons. The van der Waals surface area contributed by atoms with Crippen molar-refractivity contribution in [3.05, 3.63) is 23.7 Å². The number of hydrogen-bond acceptors (Lipinski definition) is 4. The van der Waals surface area contributed by atoms with Crippen LogP contribution >= 0.6 is 0 Å². The molecule has 0 radical (unpaired) electrons. The van der Waals surface area contributed by atoms with E-state index in [2.05, 4.69) is 23.8 Å². The van der Waals surface area contributed by atoms with Crippen molar-refractivity contribution < 1.29 is 9.21 Å². The Hall–Kier alpha value is -1.33. The van der Waals surface area contributed by atoms with E-state index in [1.807, 2.05) is 31.0 Å². The van der Waals surface area contributed by atoms with Crippen molar-refractivity contribution in [2.75, 3.05) is 40.3 Å². The van der Waals surface area contributed by atoms with Crippen LogP contribution in [0.5, 0.6) is 0 Å². The molecule has 3 rings (SSSR count). The zero-order chi connectivity index (χ0) is 18.0. The molecule has 0 aromatic carbocycles. The first-order valence-electron chi connectivity index (χ1n) is 9.65. The Labute approximate surface area is 151 Å². The molecule has 1 spiro atoms. The number of carbonyl (C=O) groups excluding carboxylic acids is 1. The predicted molar refractivity (Wildman–Crippen MR) is 99.4 cm³/mol. The summed E-state index contributed by atoms with van der Waals surface area (Å²) in [5.41, 5.74) is 0.337. The van der Waals surface area contributed by atoms with Crippen molar-refractivity contribution in [1.29, 1.82) is 0 Å². The van der Waals surface area contributed by atoms with Crippen LogP contribution < -0.4 is 0 Å². The van der Waals surface area contributed by atoms with Crippen molar-refractivity contribution in [1.82, 2.24) is 14.7 Å². The van der Waals surface area contributed by atoms with E-state index in [0.29, 0.717) is 12.0 Å². The van der Waals surface area contributed by atoms with Gasteiger partial charge in [0.05, 0.1) is 12.6 Å². The first-order chi connectivity index (χ1) is 11.9. The van der Waals surface area contributed by atoms with E-state index < -0.39 is 0 Å². The molecule has 2 aliphatic heterocycles. The highest BCUT2D eigenvalue weighted by Crippen LogP contribution is 2.43. The SMILES string of the molecule is CCCN1CC2(CCN(C)CC2)CC1C(=O)N(C)Cc1ccc(C)o1. The molecule has 0 bridgehead atoms. The standard InChI is InChI=1S/C20H33N3O2/c1-5-10-23-15-20(8-11-21(3)12-9-20)13-18(23)19(24)22(4)14-17-7-6-16(2)25-17/h6-7,18H,5,8-15H2,1-4H3. The van der Waals surface area contributed by atoms with Gasteiger partial charge in [-0.05, 0) is 76.8 Å². The van der Waals surface area contributed by atoms with Crippen LogP contribution in [0.3, 0.4) is 0 Å². The molecule has 25 heavy (non-hydrogen) atoms. The van der Waals surface area contributed by atoms with E-state index in [1.165, 1.54) is 12.8 Å². The molecule has 1 aromatic heterocycles. The number of aryl methyl sites for hydroxylation is 1. The molecule has 5 heteroatoms. The summed E-state index contributed by atoms with van der Waals surface area (Å²) < 4.78 is 5.65. The maximum atomic E-state index is 13.2. The molecule has 1 amide bonds. The molecule has 1 atom stereocenters. The van der Waals surface area contributed by atoms with Gasteiger partial charge in [-0.3, -0.25) is 9.69 Å². The van der Waals surface area contributed by atoms with Crippen molar-refractivity contribution in [2.24, 2.45) is 5.41 Å². The van der Waals surface area contributed by atoms with Gasteiger partial charge in [-0.2, -0.15) is 0 Å². The molecule has 0 N–H and O–H groups in total. The number of likely N-dealkylation sites (N-methyl/N-ethyl adjacent to an activating group) is 1. The molecule has 2 saturated heterocycles. The average Bonchev–Trinajstić information content (AvgIpc) is 3.14. The van der Waals surface area contributed by atoms with Gasteiger partial charge in [0.15, 0.2) is 0 Å². The summed E-state index contributed by atoms with van der Waals surface area (Å²) in [6, 6.07) is 3.96. The van der Waals surface area contributed by atoms with Crippen LogP contribution in [-0.2, 0) is 11.3 Å². The third kappa shape index (κ3) is 4.09. The maximum Gasteiger partial charge on any atom is 0.240 e. The Morgan fingerprint density at radius 3 is 2.68 bits per heavy atom. The molecule has 1 unspecified atom stereocenters. The van der Waals surface area contributed by atoms with Crippen LogP contribution in [0.4, 0.5) is 0 Å². The molecule has 5 nitrogen and oxygen atoms in total. The van der Waals surface area contributed by atoms with Gasteiger partial charge in [0.1, 0.15) is 11.5 Å². The van der Waals surface area contributed by atoms with Gasteiger partial charge in [-0.1, -0.05) is 6.92 Å². The summed E-state index contributed by atoms with van der Waals surface area (Å²) in [5, 5.41) is 0. The van der Waals surface area contributed by atoms with Crippen molar-refractivity contribution >= 4 is 5.91 Å². The van der Waals surface area contributed by atoms with Gasteiger partial charge in [0, 0.05) is 13.6 Å². The minimum absolute atomic E-state index is 0.0319. The second-order valence-corrected chi connectivity index (χ2v) is 8.20. The molecule has 2 aliphatic rings.